The molecule has 1 fully saturated rings. The van der Waals surface area contributed by atoms with E-state index in [9.17, 15) is 9.59 Å². The van der Waals surface area contributed by atoms with E-state index in [2.05, 4.69) is 5.32 Å². The highest BCUT2D eigenvalue weighted by molar-refractivity contribution is 7.20. The number of rotatable bonds is 3. The maximum Gasteiger partial charge on any atom is 0.348 e. The number of amides is 2. The Hall–Kier alpha value is -2.08. The van der Waals surface area contributed by atoms with Gasteiger partial charge in [0.15, 0.2) is 0 Å². The number of benzene rings is 1. The lowest BCUT2D eigenvalue weighted by molar-refractivity contribution is 0.0532. The summed E-state index contributed by atoms with van der Waals surface area (Å²) >= 11 is 1.41. The predicted molar refractivity (Wildman–Crippen MR) is 96.8 cm³/mol. The van der Waals surface area contributed by atoms with Crippen LogP contribution in [0.1, 0.15) is 42.3 Å². The molecule has 1 aliphatic heterocycles. The number of urea groups is 1. The van der Waals surface area contributed by atoms with Crippen LogP contribution in [-0.2, 0) is 4.74 Å². The molecule has 24 heavy (non-hydrogen) atoms. The number of anilines is 1. The van der Waals surface area contributed by atoms with Crippen LogP contribution in [0, 0.1) is 0 Å². The lowest BCUT2D eigenvalue weighted by Crippen LogP contribution is -2.35. The van der Waals surface area contributed by atoms with Crippen LogP contribution in [0.5, 0.6) is 0 Å². The molecule has 1 aromatic heterocycles. The number of nitrogens with zero attached hydrogens (tertiary/aromatic N) is 1. The molecule has 1 saturated heterocycles. The summed E-state index contributed by atoms with van der Waals surface area (Å²) in [6.45, 7) is 3.80. The Kier molecular flexibility index (Phi) is 5.35. The van der Waals surface area contributed by atoms with Crippen molar-refractivity contribution in [2.24, 2.45) is 0 Å². The third-order valence-corrected chi connectivity index (χ3v) is 5.23. The molecular formula is C18H22N2O3S. The first kappa shape index (κ1) is 16.8. The molecule has 1 N–H and O–H groups in total. The standard InChI is InChI=1S/C18H22N2O3S/c1-2-23-17(21)16-12-13-11-14(7-8-15(13)24-16)19-18(22)20-9-5-3-4-6-10-20/h7-8,11-12H,2-6,9-10H2,1H3,(H,19,22). The zero-order valence-corrected chi connectivity index (χ0v) is 14.7. The van der Waals surface area contributed by atoms with Crippen molar-refractivity contribution in [3.8, 4) is 0 Å². The van der Waals surface area contributed by atoms with Crippen LogP contribution in [0.2, 0.25) is 0 Å². The molecule has 5 nitrogen and oxygen atoms in total. The third kappa shape index (κ3) is 3.87. The second kappa shape index (κ2) is 7.66. The lowest BCUT2D eigenvalue weighted by Gasteiger charge is -2.20. The van der Waals surface area contributed by atoms with Crippen LogP contribution in [0.15, 0.2) is 24.3 Å². The highest BCUT2D eigenvalue weighted by Crippen LogP contribution is 2.29. The maximum absolute atomic E-state index is 12.4. The zero-order chi connectivity index (χ0) is 16.9. The molecule has 3 rings (SSSR count). The summed E-state index contributed by atoms with van der Waals surface area (Å²) in [5.41, 5.74) is 0.755. The molecule has 0 spiro atoms. The first-order chi connectivity index (χ1) is 11.7. The lowest BCUT2D eigenvalue weighted by atomic mass is 10.2. The predicted octanol–water partition coefficient (Wildman–Crippen LogP) is 4.49. The monoisotopic (exact) mass is 346 g/mol. The van der Waals surface area contributed by atoms with Gasteiger partial charge in [-0.25, -0.2) is 9.59 Å². The van der Waals surface area contributed by atoms with E-state index in [1.165, 1.54) is 24.2 Å². The normalized spacial score (nSPS) is 15.1. The number of fused-ring (bicyclic) bond motifs is 1. The van der Waals surface area contributed by atoms with Crippen molar-refractivity contribution in [3.05, 3.63) is 29.1 Å². The van der Waals surface area contributed by atoms with Crippen LogP contribution >= 0.6 is 11.3 Å². The largest absolute Gasteiger partial charge is 0.462 e. The summed E-state index contributed by atoms with van der Waals surface area (Å²) in [4.78, 5) is 26.7. The highest BCUT2D eigenvalue weighted by Gasteiger charge is 2.16. The van der Waals surface area contributed by atoms with E-state index in [0.717, 1.165) is 41.7 Å². The van der Waals surface area contributed by atoms with Gasteiger partial charge in [-0.2, -0.15) is 0 Å². The Morgan fingerprint density at radius 2 is 1.92 bits per heavy atom. The van der Waals surface area contributed by atoms with Gasteiger partial charge < -0.3 is 15.0 Å². The van der Waals surface area contributed by atoms with Gasteiger partial charge in [0, 0.05) is 23.5 Å². The van der Waals surface area contributed by atoms with E-state index in [4.69, 9.17) is 4.74 Å². The molecule has 0 radical (unpaired) electrons. The van der Waals surface area contributed by atoms with Gasteiger partial charge in [0.05, 0.1) is 6.61 Å². The molecule has 0 bridgehead atoms. The van der Waals surface area contributed by atoms with Gasteiger partial charge in [-0.05, 0) is 49.4 Å². The fourth-order valence-corrected chi connectivity index (χ4v) is 3.84. The van der Waals surface area contributed by atoms with Gasteiger partial charge in [0.2, 0.25) is 0 Å². The molecule has 0 aliphatic carbocycles. The number of hydrogen-bond acceptors (Lipinski definition) is 4. The Bertz CT molecular complexity index is 733. The van der Waals surface area contributed by atoms with E-state index in [1.54, 1.807) is 6.92 Å². The summed E-state index contributed by atoms with van der Waals surface area (Å²) in [6, 6.07) is 7.49. The molecule has 0 saturated carbocycles. The van der Waals surface area contributed by atoms with E-state index < -0.39 is 0 Å². The second-order valence-corrected chi connectivity index (χ2v) is 7.00. The van der Waals surface area contributed by atoms with Gasteiger partial charge in [0.25, 0.3) is 0 Å². The molecule has 0 unspecified atom stereocenters. The van der Waals surface area contributed by atoms with E-state index in [-0.39, 0.29) is 12.0 Å². The van der Waals surface area contributed by atoms with Crippen LogP contribution < -0.4 is 5.32 Å². The number of carbonyl (C=O) groups is 2. The van der Waals surface area contributed by atoms with Crippen molar-refractivity contribution < 1.29 is 14.3 Å². The number of likely N-dealkylation sites (tertiary alicyclic amines) is 1. The van der Waals surface area contributed by atoms with Crippen molar-refractivity contribution in [1.82, 2.24) is 4.90 Å². The second-order valence-electron chi connectivity index (χ2n) is 5.92. The maximum atomic E-state index is 12.4. The Labute approximate surface area is 145 Å². The summed E-state index contributed by atoms with van der Waals surface area (Å²) in [5.74, 6) is -0.297. The quantitative estimate of drug-likeness (QED) is 0.833. The summed E-state index contributed by atoms with van der Waals surface area (Å²) in [7, 11) is 0. The molecule has 1 aliphatic rings. The SMILES string of the molecule is CCOC(=O)c1cc2cc(NC(=O)N3CCCCCC3)ccc2s1. The molecule has 2 heterocycles. The Balaban J connectivity index is 1.72. The van der Waals surface area contributed by atoms with Crippen molar-refractivity contribution in [2.75, 3.05) is 25.0 Å². The fourth-order valence-electron chi connectivity index (χ4n) is 2.90. The minimum absolute atomic E-state index is 0.0444. The van der Waals surface area contributed by atoms with E-state index in [1.807, 2.05) is 29.2 Å². The van der Waals surface area contributed by atoms with E-state index >= 15 is 0 Å². The number of thiophene rings is 1. The average molecular weight is 346 g/mol. The van der Waals surface area contributed by atoms with Crippen molar-refractivity contribution >= 4 is 39.1 Å². The average Bonchev–Trinajstić information content (AvgIpc) is 2.80. The molecule has 6 heteroatoms. The topological polar surface area (TPSA) is 58.6 Å². The first-order valence-electron chi connectivity index (χ1n) is 8.44. The number of ether oxygens (including phenoxy) is 1. The first-order valence-corrected chi connectivity index (χ1v) is 9.25. The zero-order valence-electron chi connectivity index (χ0n) is 13.8. The minimum atomic E-state index is -0.297. The third-order valence-electron chi connectivity index (χ3n) is 4.14. The smallest absolute Gasteiger partial charge is 0.348 e. The van der Waals surface area contributed by atoms with Crippen molar-refractivity contribution in [1.29, 1.82) is 0 Å². The van der Waals surface area contributed by atoms with Crippen molar-refractivity contribution in [2.45, 2.75) is 32.6 Å². The van der Waals surface area contributed by atoms with Crippen LogP contribution in [0.25, 0.3) is 10.1 Å². The number of nitrogens with one attached hydrogen (secondary N) is 1. The summed E-state index contributed by atoms with van der Waals surface area (Å²) in [5, 5.41) is 3.91. The van der Waals surface area contributed by atoms with Gasteiger partial charge in [-0.15, -0.1) is 11.3 Å². The van der Waals surface area contributed by atoms with Crippen LogP contribution in [0.3, 0.4) is 0 Å². The van der Waals surface area contributed by atoms with Crippen LogP contribution in [-0.4, -0.2) is 36.6 Å². The number of carbonyl (C=O) groups excluding carboxylic acids is 2. The van der Waals surface area contributed by atoms with Gasteiger partial charge in [0.1, 0.15) is 4.88 Å². The molecule has 1 aromatic carbocycles. The van der Waals surface area contributed by atoms with Gasteiger partial charge >= 0.3 is 12.0 Å². The number of hydrogen-bond donors (Lipinski definition) is 1. The summed E-state index contributed by atoms with van der Waals surface area (Å²) < 4.78 is 6.04. The fraction of sp³-hybridized carbons (Fsp3) is 0.444. The highest BCUT2D eigenvalue weighted by atomic mass is 32.1. The Morgan fingerprint density at radius 1 is 1.17 bits per heavy atom. The minimum Gasteiger partial charge on any atom is -0.462 e. The number of esters is 1. The molecule has 0 atom stereocenters. The molecule has 128 valence electrons. The van der Waals surface area contributed by atoms with Crippen molar-refractivity contribution in [3.63, 3.8) is 0 Å². The molecule has 2 aromatic rings. The van der Waals surface area contributed by atoms with Gasteiger partial charge in [-0.3, -0.25) is 0 Å². The van der Waals surface area contributed by atoms with Crippen LogP contribution in [0.4, 0.5) is 10.5 Å². The molecular weight excluding hydrogens is 324 g/mol. The van der Waals surface area contributed by atoms with Gasteiger partial charge in [-0.1, -0.05) is 12.8 Å². The Morgan fingerprint density at radius 3 is 2.62 bits per heavy atom. The van der Waals surface area contributed by atoms with E-state index in [0.29, 0.717) is 11.5 Å². The molecule has 2 amide bonds. The summed E-state index contributed by atoms with van der Waals surface area (Å²) in [6.07, 6.45) is 4.53.